The van der Waals surface area contributed by atoms with Crippen molar-refractivity contribution in [2.24, 2.45) is 0 Å². The van der Waals surface area contributed by atoms with E-state index in [1.54, 1.807) is 7.11 Å². The van der Waals surface area contributed by atoms with Crippen LogP contribution in [0.15, 0.2) is 24.3 Å². The zero-order valence-electron chi connectivity index (χ0n) is 9.45. The summed E-state index contributed by atoms with van der Waals surface area (Å²) >= 11 is 2.34. The number of hydrogen-bond donors (Lipinski definition) is 0. The Morgan fingerprint density at radius 2 is 1.69 bits per heavy atom. The fourth-order valence-electron chi connectivity index (χ4n) is 1.14. The van der Waals surface area contributed by atoms with Crippen molar-refractivity contribution in [2.45, 2.75) is 4.43 Å². The van der Waals surface area contributed by atoms with Crippen molar-refractivity contribution in [1.82, 2.24) is 0 Å². The van der Waals surface area contributed by atoms with Gasteiger partial charge in [0.05, 0.1) is 19.8 Å². The lowest BCUT2D eigenvalue weighted by Crippen LogP contribution is -2.09. The molecular weight excluding hydrogens is 319 g/mol. The van der Waals surface area contributed by atoms with E-state index in [9.17, 15) is 0 Å². The highest BCUT2D eigenvalue weighted by molar-refractivity contribution is 14.1. The summed E-state index contributed by atoms with van der Waals surface area (Å²) in [4.78, 5) is 0. The fraction of sp³-hybridized carbons (Fsp3) is 0.500. The van der Waals surface area contributed by atoms with E-state index in [1.165, 1.54) is 5.56 Å². The largest absolute Gasteiger partial charge is 0.491 e. The summed E-state index contributed by atoms with van der Waals surface area (Å²) in [5.74, 6) is 0.893. The first-order valence-electron chi connectivity index (χ1n) is 5.21. The lowest BCUT2D eigenvalue weighted by molar-refractivity contribution is 0.0544. The monoisotopic (exact) mass is 336 g/mol. The van der Waals surface area contributed by atoms with Gasteiger partial charge in [-0.1, -0.05) is 34.7 Å². The van der Waals surface area contributed by atoms with Crippen LogP contribution >= 0.6 is 22.6 Å². The van der Waals surface area contributed by atoms with Crippen LogP contribution in [0.2, 0.25) is 0 Å². The summed E-state index contributed by atoms with van der Waals surface area (Å²) in [6.45, 7) is 2.42. The van der Waals surface area contributed by atoms with Crippen LogP contribution in [-0.4, -0.2) is 33.5 Å². The Morgan fingerprint density at radius 3 is 2.31 bits per heavy atom. The van der Waals surface area contributed by atoms with Gasteiger partial charge in [-0.2, -0.15) is 0 Å². The van der Waals surface area contributed by atoms with Gasteiger partial charge in [0.15, 0.2) is 0 Å². The molecule has 1 rings (SSSR count). The van der Waals surface area contributed by atoms with E-state index in [1.807, 2.05) is 12.1 Å². The molecule has 1 aromatic rings. The maximum Gasteiger partial charge on any atom is 0.119 e. The second-order valence-electron chi connectivity index (χ2n) is 3.23. The Hall–Kier alpha value is -0.330. The number of benzene rings is 1. The van der Waals surface area contributed by atoms with Gasteiger partial charge in [0.1, 0.15) is 12.4 Å². The van der Waals surface area contributed by atoms with E-state index >= 15 is 0 Å². The van der Waals surface area contributed by atoms with Gasteiger partial charge >= 0.3 is 0 Å². The molecule has 0 N–H and O–H groups in total. The zero-order valence-corrected chi connectivity index (χ0v) is 11.6. The van der Waals surface area contributed by atoms with E-state index in [0.717, 1.165) is 10.2 Å². The zero-order chi connectivity index (χ0) is 11.6. The van der Waals surface area contributed by atoms with Crippen LogP contribution < -0.4 is 4.74 Å². The topological polar surface area (TPSA) is 27.7 Å². The van der Waals surface area contributed by atoms with Gasteiger partial charge in [-0.15, -0.1) is 0 Å². The third-order valence-corrected chi connectivity index (χ3v) is 2.89. The maximum absolute atomic E-state index is 5.52. The molecule has 0 aliphatic carbocycles. The Labute approximate surface area is 110 Å². The summed E-state index contributed by atoms with van der Waals surface area (Å²) in [6, 6.07) is 8.13. The number of ether oxygens (including phenoxy) is 3. The number of halogens is 1. The molecule has 0 aliphatic rings. The van der Waals surface area contributed by atoms with Crippen LogP contribution in [0.3, 0.4) is 0 Å². The third kappa shape index (κ3) is 5.67. The molecule has 0 unspecified atom stereocenters. The molecule has 0 radical (unpaired) electrons. The van der Waals surface area contributed by atoms with E-state index in [4.69, 9.17) is 14.2 Å². The van der Waals surface area contributed by atoms with Gasteiger partial charge in [-0.25, -0.2) is 0 Å². The average molecular weight is 336 g/mol. The first kappa shape index (κ1) is 13.7. The summed E-state index contributed by atoms with van der Waals surface area (Å²) < 4.78 is 16.7. The minimum Gasteiger partial charge on any atom is -0.491 e. The second kappa shape index (κ2) is 8.78. The molecule has 16 heavy (non-hydrogen) atoms. The lowest BCUT2D eigenvalue weighted by Gasteiger charge is -2.07. The van der Waals surface area contributed by atoms with Crippen LogP contribution in [0, 0.1) is 0 Å². The van der Waals surface area contributed by atoms with Crippen molar-refractivity contribution in [1.29, 1.82) is 0 Å². The number of rotatable bonds is 8. The van der Waals surface area contributed by atoms with Crippen molar-refractivity contribution in [2.75, 3.05) is 33.5 Å². The number of hydrogen-bond acceptors (Lipinski definition) is 3. The van der Waals surface area contributed by atoms with Crippen LogP contribution in [0.25, 0.3) is 0 Å². The first-order valence-corrected chi connectivity index (χ1v) is 6.73. The molecule has 0 aliphatic heterocycles. The highest BCUT2D eigenvalue weighted by atomic mass is 127. The smallest absolute Gasteiger partial charge is 0.119 e. The first-order chi connectivity index (χ1) is 7.86. The van der Waals surface area contributed by atoms with Crippen LogP contribution in [0.4, 0.5) is 0 Å². The standard InChI is InChI=1S/C12H17IO3/c1-14-6-7-15-8-9-16-12-4-2-11(10-13)3-5-12/h2-5H,6-10H2,1H3. The summed E-state index contributed by atoms with van der Waals surface area (Å²) in [7, 11) is 1.66. The Kier molecular flexibility index (Phi) is 7.54. The van der Waals surface area contributed by atoms with Crippen molar-refractivity contribution in [3.05, 3.63) is 29.8 Å². The van der Waals surface area contributed by atoms with Crippen molar-refractivity contribution in [3.63, 3.8) is 0 Å². The molecule has 0 heterocycles. The predicted molar refractivity (Wildman–Crippen MR) is 72.4 cm³/mol. The van der Waals surface area contributed by atoms with Gasteiger partial charge in [-0.3, -0.25) is 0 Å². The molecule has 0 spiro atoms. The Balaban J connectivity index is 2.12. The fourth-order valence-corrected chi connectivity index (χ4v) is 1.65. The number of methoxy groups -OCH3 is 1. The quantitative estimate of drug-likeness (QED) is 0.415. The highest BCUT2D eigenvalue weighted by Gasteiger charge is 1.94. The Morgan fingerprint density at radius 1 is 1.00 bits per heavy atom. The highest BCUT2D eigenvalue weighted by Crippen LogP contribution is 2.13. The SMILES string of the molecule is COCCOCCOc1ccc(CI)cc1. The van der Waals surface area contributed by atoms with Crippen LogP contribution in [-0.2, 0) is 13.9 Å². The predicted octanol–water partition coefficient (Wildman–Crippen LogP) is 2.66. The number of alkyl halides is 1. The molecule has 0 fully saturated rings. The molecule has 0 saturated carbocycles. The van der Waals surface area contributed by atoms with Crippen molar-refractivity contribution in [3.8, 4) is 5.75 Å². The molecule has 0 aromatic heterocycles. The molecule has 0 bridgehead atoms. The molecule has 0 atom stereocenters. The van der Waals surface area contributed by atoms with Gasteiger partial charge in [0.2, 0.25) is 0 Å². The second-order valence-corrected chi connectivity index (χ2v) is 3.99. The van der Waals surface area contributed by atoms with Crippen molar-refractivity contribution < 1.29 is 14.2 Å². The molecule has 3 nitrogen and oxygen atoms in total. The molecule has 0 amide bonds. The molecule has 0 saturated heterocycles. The maximum atomic E-state index is 5.52. The summed E-state index contributed by atoms with van der Waals surface area (Å²) in [6.07, 6.45) is 0. The van der Waals surface area contributed by atoms with Gasteiger partial charge < -0.3 is 14.2 Å². The minimum absolute atomic E-state index is 0.577. The van der Waals surface area contributed by atoms with Gasteiger partial charge in [0, 0.05) is 11.5 Å². The molecular formula is C12H17IO3. The normalized spacial score (nSPS) is 10.4. The third-order valence-electron chi connectivity index (χ3n) is 2.01. The van der Waals surface area contributed by atoms with E-state index in [2.05, 4.69) is 34.7 Å². The summed E-state index contributed by atoms with van der Waals surface area (Å²) in [5, 5.41) is 0. The van der Waals surface area contributed by atoms with E-state index in [-0.39, 0.29) is 0 Å². The van der Waals surface area contributed by atoms with Gasteiger partial charge in [0.25, 0.3) is 0 Å². The minimum atomic E-state index is 0.577. The molecule has 1 aromatic carbocycles. The molecule has 90 valence electrons. The molecule has 4 heteroatoms. The van der Waals surface area contributed by atoms with Crippen molar-refractivity contribution >= 4 is 22.6 Å². The van der Waals surface area contributed by atoms with Gasteiger partial charge in [-0.05, 0) is 17.7 Å². The van der Waals surface area contributed by atoms with E-state index < -0.39 is 0 Å². The van der Waals surface area contributed by atoms with Crippen LogP contribution in [0.5, 0.6) is 5.75 Å². The Bertz CT molecular complexity index is 274. The van der Waals surface area contributed by atoms with E-state index in [0.29, 0.717) is 26.4 Å². The summed E-state index contributed by atoms with van der Waals surface area (Å²) in [5.41, 5.74) is 1.31. The average Bonchev–Trinajstić information content (AvgIpc) is 2.34. The van der Waals surface area contributed by atoms with Crippen LogP contribution in [0.1, 0.15) is 5.56 Å². The lowest BCUT2D eigenvalue weighted by atomic mass is 10.2.